The molecule has 1 N–H and O–H groups in total. The van der Waals surface area contributed by atoms with Gasteiger partial charge in [0.25, 0.3) is 0 Å². The fourth-order valence-corrected chi connectivity index (χ4v) is 2.82. The Morgan fingerprint density at radius 1 is 1.35 bits per heavy atom. The molecular formula is C11H16ClNO3S. The minimum absolute atomic E-state index is 0.0836. The first kappa shape index (κ1) is 14.3. The summed E-state index contributed by atoms with van der Waals surface area (Å²) < 4.78 is 31.7. The van der Waals surface area contributed by atoms with E-state index in [0.29, 0.717) is 23.9 Å². The fourth-order valence-electron chi connectivity index (χ4n) is 1.28. The maximum atomic E-state index is 12.0. The van der Waals surface area contributed by atoms with Gasteiger partial charge in [-0.25, -0.2) is 13.1 Å². The van der Waals surface area contributed by atoms with Crippen LogP contribution in [0, 0.1) is 0 Å². The maximum absolute atomic E-state index is 12.0. The van der Waals surface area contributed by atoms with Gasteiger partial charge in [-0.05, 0) is 31.5 Å². The molecule has 0 atom stereocenters. The van der Waals surface area contributed by atoms with Gasteiger partial charge in [0.2, 0.25) is 10.0 Å². The maximum Gasteiger partial charge on any atom is 0.244 e. The molecule has 0 saturated carbocycles. The largest absolute Gasteiger partial charge is 0.492 e. The Labute approximate surface area is 107 Å². The van der Waals surface area contributed by atoms with Crippen molar-refractivity contribution in [1.29, 1.82) is 0 Å². The van der Waals surface area contributed by atoms with Crippen LogP contribution in [0.3, 0.4) is 0 Å². The summed E-state index contributed by atoms with van der Waals surface area (Å²) in [5.41, 5.74) is 0. The molecule has 1 aromatic carbocycles. The molecule has 17 heavy (non-hydrogen) atoms. The predicted molar refractivity (Wildman–Crippen MR) is 68.1 cm³/mol. The number of rotatable bonds is 6. The topological polar surface area (TPSA) is 55.4 Å². The molecule has 0 bridgehead atoms. The third-order valence-corrected chi connectivity index (χ3v) is 3.75. The first-order valence-electron chi connectivity index (χ1n) is 5.43. The summed E-state index contributed by atoms with van der Waals surface area (Å²) >= 11 is 5.81. The van der Waals surface area contributed by atoms with Gasteiger partial charge in [0.1, 0.15) is 10.6 Å². The second kappa shape index (κ2) is 6.23. The van der Waals surface area contributed by atoms with E-state index < -0.39 is 10.0 Å². The van der Waals surface area contributed by atoms with Crippen molar-refractivity contribution >= 4 is 21.6 Å². The van der Waals surface area contributed by atoms with Crippen LogP contribution >= 0.6 is 11.6 Å². The first-order valence-corrected chi connectivity index (χ1v) is 7.29. The van der Waals surface area contributed by atoms with Crippen LogP contribution in [0.25, 0.3) is 0 Å². The summed E-state index contributed by atoms with van der Waals surface area (Å²) in [7, 11) is -3.56. The Hall–Kier alpha value is -0.780. The molecule has 0 aliphatic heterocycles. The minimum atomic E-state index is -3.56. The number of ether oxygens (including phenoxy) is 1. The van der Waals surface area contributed by atoms with E-state index in [9.17, 15) is 8.42 Å². The van der Waals surface area contributed by atoms with Crippen LogP contribution in [-0.2, 0) is 10.0 Å². The number of benzene rings is 1. The Kier molecular flexibility index (Phi) is 5.24. The molecule has 0 aromatic heterocycles. The van der Waals surface area contributed by atoms with E-state index in [-0.39, 0.29) is 4.90 Å². The summed E-state index contributed by atoms with van der Waals surface area (Å²) in [6.45, 7) is 4.48. The molecule has 0 saturated heterocycles. The Balaban J connectivity index is 3.13. The lowest BCUT2D eigenvalue weighted by Crippen LogP contribution is -2.25. The summed E-state index contributed by atoms with van der Waals surface area (Å²) in [6.07, 6.45) is 0.726. The summed E-state index contributed by atoms with van der Waals surface area (Å²) in [5.74, 6) is 0.320. The second-order valence-electron chi connectivity index (χ2n) is 3.42. The molecule has 1 rings (SSSR count). The number of hydrogen-bond donors (Lipinski definition) is 1. The summed E-state index contributed by atoms with van der Waals surface area (Å²) in [4.78, 5) is 0.0836. The van der Waals surface area contributed by atoms with Crippen molar-refractivity contribution in [2.45, 2.75) is 25.2 Å². The standard InChI is InChI=1S/C11H16ClNO3S/c1-3-7-13-17(14,15)11-8-9(12)5-6-10(11)16-4-2/h5-6,8,13H,3-4,7H2,1-2H3. The monoisotopic (exact) mass is 277 g/mol. The summed E-state index contributed by atoms with van der Waals surface area (Å²) in [6, 6.07) is 4.56. The molecule has 4 nitrogen and oxygen atoms in total. The Bertz CT molecular complexity index is 474. The highest BCUT2D eigenvalue weighted by molar-refractivity contribution is 7.89. The van der Waals surface area contributed by atoms with Crippen molar-refractivity contribution in [2.75, 3.05) is 13.2 Å². The minimum Gasteiger partial charge on any atom is -0.492 e. The molecule has 0 fully saturated rings. The molecule has 1 aromatic rings. The highest BCUT2D eigenvalue weighted by atomic mass is 35.5. The van der Waals surface area contributed by atoms with Gasteiger partial charge in [0.15, 0.2) is 0 Å². The molecule has 0 unspecified atom stereocenters. The Morgan fingerprint density at radius 3 is 2.65 bits per heavy atom. The van der Waals surface area contributed by atoms with Gasteiger partial charge < -0.3 is 4.74 Å². The second-order valence-corrected chi connectivity index (χ2v) is 5.59. The van der Waals surface area contributed by atoms with Gasteiger partial charge in [-0.15, -0.1) is 0 Å². The molecule has 96 valence electrons. The van der Waals surface area contributed by atoms with E-state index in [2.05, 4.69) is 4.72 Å². The quantitative estimate of drug-likeness (QED) is 0.869. The van der Waals surface area contributed by atoms with Crippen molar-refractivity contribution < 1.29 is 13.2 Å². The van der Waals surface area contributed by atoms with Crippen molar-refractivity contribution in [3.8, 4) is 5.75 Å². The zero-order chi connectivity index (χ0) is 12.9. The highest BCUT2D eigenvalue weighted by Gasteiger charge is 2.19. The normalized spacial score (nSPS) is 11.5. The molecule has 0 heterocycles. The molecule has 0 radical (unpaired) electrons. The third kappa shape index (κ3) is 3.87. The van der Waals surface area contributed by atoms with Crippen LogP contribution in [0.1, 0.15) is 20.3 Å². The van der Waals surface area contributed by atoms with E-state index >= 15 is 0 Å². The number of nitrogens with one attached hydrogen (secondary N) is 1. The number of halogens is 1. The fraction of sp³-hybridized carbons (Fsp3) is 0.455. The molecule has 0 amide bonds. The van der Waals surface area contributed by atoms with Gasteiger partial charge in [-0.1, -0.05) is 18.5 Å². The van der Waals surface area contributed by atoms with E-state index in [4.69, 9.17) is 16.3 Å². The third-order valence-electron chi connectivity index (χ3n) is 2.04. The lowest BCUT2D eigenvalue weighted by Gasteiger charge is -2.11. The van der Waals surface area contributed by atoms with Crippen molar-refractivity contribution in [2.24, 2.45) is 0 Å². The van der Waals surface area contributed by atoms with Crippen molar-refractivity contribution in [1.82, 2.24) is 4.72 Å². The lowest BCUT2D eigenvalue weighted by molar-refractivity contribution is 0.331. The van der Waals surface area contributed by atoms with Crippen LogP contribution in [-0.4, -0.2) is 21.6 Å². The lowest BCUT2D eigenvalue weighted by atomic mass is 10.3. The predicted octanol–water partition coefficient (Wildman–Crippen LogP) is 2.43. The molecule has 0 aliphatic carbocycles. The molecular weight excluding hydrogens is 262 g/mol. The first-order chi connectivity index (χ1) is 8.01. The van der Waals surface area contributed by atoms with Crippen LogP contribution in [0.5, 0.6) is 5.75 Å². The Morgan fingerprint density at radius 2 is 2.06 bits per heavy atom. The van der Waals surface area contributed by atoms with E-state index in [0.717, 1.165) is 6.42 Å². The van der Waals surface area contributed by atoms with E-state index in [1.165, 1.54) is 6.07 Å². The smallest absolute Gasteiger partial charge is 0.244 e. The van der Waals surface area contributed by atoms with Crippen LogP contribution < -0.4 is 9.46 Å². The van der Waals surface area contributed by atoms with Crippen molar-refractivity contribution in [3.63, 3.8) is 0 Å². The van der Waals surface area contributed by atoms with Gasteiger partial charge in [-0.2, -0.15) is 0 Å². The molecule has 6 heteroatoms. The SMILES string of the molecule is CCCNS(=O)(=O)c1cc(Cl)ccc1OCC. The summed E-state index contributed by atoms with van der Waals surface area (Å²) in [5, 5.41) is 0.366. The van der Waals surface area contributed by atoms with Gasteiger partial charge >= 0.3 is 0 Å². The van der Waals surface area contributed by atoms with E-state index in [1.807, 2.05) is 6.92 Å². The number of hydrogen-bond acceptors (Lipinski definition) is 3. The van der Waals surface area contributed by atoms with Crippen molar-refractivity contribution in [3.05, 3.63) is 23.2 Å². The van der Waals surface area contributed by atoms with Gasteiger partial charge in [0.05, 0.1) is 6.61 Å². The zero-order valence-corrected chi connectivity index (χ0v) is 11.4. The van der Waals surface area contributed by atoms with Gasteiger partial charge in [-0.3, -0.25) is 0 Å². The zero-order valence-electron chi connectivity index (χ0n) is 9.86. The molecule has 0 aliphatic rings. The van der Waals surface area contributed by atoms with Crippen LogP contribution in [0.4, 0.5) is 0 Å². The molecule has 0 spiro atoms. The number of sulfonamides is 1. The highest BCUT2D eigenvalue weighted by Crippen LogP contribution is 2.27. The van der Waals surface area contributed by atoms with Crippen LogP contribution in [0.15, 0.2) is 23.1 Å². The average Bonchev–Trinajstić information content (AvgIpc) is 2.29. The van der Waals surface area contributed by atoms with E-state index in [1.54, 1.807) is 19.1 Å². The average molecular weight is 278 g/mol. The van der Waals surface area contributed by atoms with Crippen LogP contribution in [0.2, 0.25) is 5.02 Å². The van der Waals surface area contributed by atoms with Gasteiger partial charge in [0, 0.05) is 11.6 Å².